The minimum atomic E-state index is -1.09. The zero-order chi connectivity index (χ0) is 24.9. The van der Waals surface area contributed by atoms with Crippen molar-refractivity contribution in [2.45, 2.75) is 78.3 Å². The number of rotatable bonds is 7. The highest BCUT2D eigenvalue weighted by molar-refractivity contribution is 5.96. The first-order valence-corrected chi connectivity index (χ1v) is 11.8. The highest BCUT2D eigenvalue weighted by atomic mass is 16.7. The molecule has 0 amide bonds. The van der Waals surface area contributed by atoms with Crippen LogP contribution in [0.2, 0.25) is 0 Å². The van der Waals surface area contributed by atoms with Crippen LogP contribution in [0.5, 0.6) is 0 Å². The third kappa shape index (κ3) is 6.67. The average molecular weight is 469 g/mol. The molecule has 4 atom stereocenters. The van der Waals surface area contributed by atoms with Gasteiger partial charge >= 0.3 is 6.16 Å². The molecule has 0 aromatic heterocycles. The maximum atomic E-state index is 12.4. The topological polar surface area (TPSA) is 71.1 Å². The lowest BCUT2D eigenvalue weighted by Gasteiger charge is -2.45. The second-order valence-corrected chi connectivity index (χ2v) is 9.61. The van der Waals surface area contributed by atoms with E-state index in [1.165, 1.54) is 11.1 Å². The minimum Gasteiger partial charge on any atom is -0.429 e. The van der Waals surface area contributed by atoms with E-state index in [4.69, 9.17) is 14.2 Å². The van der Waals surface area contributed by atoms with Gasteiger partial charge in [0, 0.05) is 12.3 Å². The zero-order valence-electron chi connectivity index (χ0n) is 20.9. The quantitative estimate of drug-likeness (QED) is 0.249. The van der Waals surface area contributed by atoms with Crippen LogP contribution in [0.1, 0.15) is 60.3 Å². The Morgan fingerprint density at radius 3 is 2.68 bits per heavy atom. The van der Waals surface area contributed by atoms with Gasteiger partial charge in [0.2, 0.25) is 5.79 Å². The molecule has 0 saturated carbocycles. The van der Waals surface area contributed by atoms with E-state index in [1.54, 1.807) is 6.92 Å². The monoisotopic (exact) mass is 468 g/mol. The fourth-order valence-corrected chi connectivity index (χ4v) is 4.65. The Balaban J connectivity index is 1.87. The summed E-state index contributed by atoms with van der Waals surface area (Å²) < 4.78 is 22.9. The van der Waals surface area contributed by atoms with Crippen LogP contribution in [0.3, 0.4) is 0 Å². The number of carbonyl (C=O) groups excluding carboxylic acids is 2. The molecule has 2 unspecified atom stereocenters. The molecule has 0 saturated heterocycles. The van der Waals surface area contributed by atoms with Crippen LogP contribution in [0, 0.1) is 5.92 Å². The third-order valence-corrected chi connectivity index (χ3v) is 6.24. The molecule has 1 spiro atoms. The molecule has 6 heteroatoms. The maximum absolute atomic E-state index is 12.4. The van der Waals surface area contributed by atoms with Gasteiger partial charge in [0.25, 0.3) is 0 Å². The normalized spacial score (nSPS) is 28.9. The van der Waals surface area contributed by atoms with Crippen molar-refractivity contribution < 1.29 is 28.5 Å². The van der Waals surface area contributed by atoms with Crippen LogP contribution in [-0.2, 0) is 23.7 Å². The summed E-state index contributed by atoms with van der Waals surface area (Å²) in [7, 11) is 0. The Bertz CT molecular complexity index is 975. The molecule has 0 aromatic carbocycles. The summed E-state index contributed by atoms with van der Waals surface area (Å²) in [6, 6.07) is 0. The lowest BCUT2D eigenvalue weighted by atomic mass is 9.79. The van der Waals surface area contributed by atoms with Crippen LogP contribution in [0.4, 0.5) is 4.79 Å². The van der Waals surface area contributed by atoms with Crippen molar-refractivity contribution in [3.63, 3.8) is 0 Å². The summed E-state index contributed by atoms with van der Waals surface area (Å²) in [5.41, 5.74) is 5.18. The van der Waals surface area contributed by atoms with Crippen LogP contribution in [-0.4, -0.2) is 36.5 Å². The van der Waals surface area contributed by atoms with Gasteiger partial charge < -0.3 is 18.9 Å². The Morgan fingerprint density at radius 1 is 1.21 bits per heavy atom. The molecule has 0 aromatic rings. The fourth-order valence-electron chi connectivity index (χ4n) is 4.65. The Kier molecular flexibility index (Phi) is 8.50. The zero-order valence-corrected chi connectivity index (χ0v) is 20.9. The van der Waals surface area contributed by atoms with Crippen molar-refractivity contribution in [2.75, 3.05) is 6.61 Å². The van der Waals surface area contributed by atoms with Gasteiger partial charge in [-0.25, -0.2) is 4.79 Å². The van der Waals surface area contributed by atoms with Gasteiger partial charge in [0.1, 0.15) is 6.61 Å². The van der Waals surface area contributed by atoms with E-state index in [9.17, 15) is 9.59 Å². The van der Waals surface area contributed by atoms with Crippen LogP contribution in [0.25, 0.3) is 0 Å². The van der Waals surface area contributed by atoms with Crippen molar-refractivity contribution in [3.8, 4) is 0 Å². The first-order chi connectivity index (χ1) is 16.1. The smallest absolute Gasteiger partial charge is 0.429 e. The highest BCUT2D eigenvalue weighted by Gasteiger charge is 2.45. The molecule has 34 heavy (non-hydrogen) atoms. The number of Topliss-reactive ketones (excluding diaryl/α,β-unsaturated/α-hetero) is 1. The van der Waals surface area contributed by atoms with Gasteiger partial charge in [-0.1, -0.05) is 35.5 Å². The third-order valence-electron chi connectivity index (χ3n) is 6.24. The predicted molar refractivity (Wildman–Crippen MR) is 131 cm³/mol. The Labute approximate surface area is 202 Å². The number of ketones is 1. The molecule has 6 nitrogen and oxygen atoms in total. The molecule has 3 aliphatic rings. The second-order valence-electron chi connectivity index (χ2n) is 9.61. The first-order valence-electron chi connectivity index (χ1n) is 11.8. The highest BCUT2D eigenvalue weighted by Crippen LogP contribution is 2.42. The Hall–Kier alpha value is -2.70. The van der Waals surface area contributed by atoms with Gasteiger partial charge in [-0.3, -0.25) is 4.79 Å². The molecular formula is C28H36O6. The minimum absolute atomic E-state index is 0.0163. The van der Waals surface area contributed by atoms with E-state index < -0.39 is 11.9 Å². The van der Waals surface area contributed by atoms with Crippen molar-refractivity contribution in [1.29, 1.82) is 0 Å². The summed E-state index contributed by atoms with van der Waals surface area (Å²) in [6.07, 6.45) is 12.8. The summed E-state index contributed by atoms with van der Waals surface area (Å²) in [4.78, 5) is 24.2. The molecule has 0 radical (unpaired) electrons. The van der Waals surface area contributed by atoms with Gasteiger partial charge in [-0.2, -0.15) is 0 Å². The van der Waals surface area contributed by atoms with Crippen LogP contribution < -0.4 is 0 Å². The van der Waals surface area contributed by atoms with E-state index >= 15 is 0 Å². The van der Waals surface area contributed by atoms with Crippen molar-refractivity contribution in [1.82, 2.24) is 0 Å². The van der Waals surface area contributed by atoms with Crippen molar-refractivity contribution in [2.24, 2.45) is 5.92 Å². The van der Waals surface area contributed by atoms with Gasteiger partial charge in [-0.15, -0.1) is 0 Å². The molecular weight excluding hydrogens is 432 g/mol. The predicted octanol–water partition coefficient (Wildman–Crippen LogP) is 6.27. The molecule has 184 valence electrons. The van der Waals surface area contributed by atoms with E-state index in [2.05, 4.69) is 51.2 Å². The molecule has 0 fully saturated rings. The SMILES string of the molecule is C=COC(=O)OCC1=C[C@@]2(C=C(C)CC(/C=C(\C)CCC=C(C)C)O2)O[C@H]2C=C(C)C(=O)CC12. The second kappa shape index (κ2) is 11.2. The van der Waals surface area contributed by atoms with E-state index in [1.807, 2.05) is 18.2 Å². The van der Waals surface area contributed by atoms with E-state index in [0.717, 1.165) is 36.7 Å². The number of hydrogen-bond donors (Lipinski definition) is 0. The lowest BCUT2D eigenvalue weighted by molar-refractivity contribution is -0.225. The van der Waals surface area contributed by atoms with E-state index in [-0.39, 0.29) is 30.5 Å². The molecule has 2 aliphatic heterocycles. The first kappa shape index (κ1) is 25.9. The summed E-state index contributed by atoms with van der Waals surface area (Å²) >= 11 is 0. The maximum Gasteiger partial charge on any atom is 0.513 e. The average Bonchev–Trinajstić information content (AvgIpc) is 2.72. The summed E-state index contributed by atoms with van der Waals surface area (Å²) in [6.45, 7) is 13.6. The van der Waals surface area contributed by atoms with Gasteiger partial charge in [0.15, 0.2) is 5.78 Å². The van der Waals surface area contributed by atoms with Crippen molar-refractivity contribution >= 4 is 11.9 Å². The molecule has 0 bridgehead atoms. The summed E-state index contributed by atoms with van der Waals surface area (Å²) in [5, 5.41) is 0. The van der Waals surface area contributed by atoms with Crippen LogP contribution in [0.15, 0.2) is 71.1 Å². The standard InChI is InChI=1S/C28H36O6/c1-7-31-27(30)32-17-22-16-28(34-26-13-21(6)25(29)14-24(22)26)15-20(5)12-23(33-28)11-19(4)10-8-9-18(2)3/h7,9,11,13,15-16,23-24,26H,1,8,10,12,14,17H2,2-6H3/b19-11+/t23?,24?,26-,28+/m0/s1. The number of allylic oxidation sites excluding steroid dienone is 4. The largest absolute Gasteiger partial charge is 0.513 e. The number of hydrogen-bond acceptors (Lipinski definition) is 6. The number of ether oxygens (including phenoxy) is 4. The fraction of sp³-hybridized carbons (Fsp3) is 0.500. The Morgan fingerprint density at radius 2 is 1.97 bits per heavy atom. The number of fused-ring (bicyclic) bond motifs is 1. The lowest BCUT2D eigenvalue weighted by Crippen LogP contribution is -2.49. The molecule has 0 N–H and O–H groups in total. The van der Waals surface area contributed by atoms with Crippen molar-refractivity contribution in [3.05, 3.63) is 71.1 Å². The summed E-state index contributed by atoms with van der Waals surface area (Å²) in [5.74, 6) is -1.26. The molecule has 1 aliphatic carbocycles. The van der Waals surface area contributed by atoms with Gasteiger partial charge in [0.05, 0.1) is 18.5 Å². The van der Waals surface area contributed by atoms with E-state index in [0.29, 0.717) is 12.0 Å². The van der Waals surface area contributed by atoms with Gasteiger partial charge in [-0.05, 0) is 83.3 Å². The molecule has 2 heterocycles. The number of carbonyl (C=O) groups is 2. The van der Waals surface area contributed by atoms with Crippen LogP contribution >= 0.6 is 0 Å². The molecule has 3 rings (SSSR count).